The molecule has 1 aliphatic carbocycles. The molecule has 0 fully saturated rings. The van der Waals surface area contributed by atoms with Gasteiger partial charge >= 0.3 is 0 Å². The Morgan fingerprint density at radius 2 is 2.00 bits per heavy atom. The van der Waals surface area contributed by atoms with Crippen molar-refractivity contribution in [1.29, 1.82) is 0 Å². The topological polar surface area (TPSA) is 46.2 Å². The molecule has 9 heavy (non-hydrogen) atoms. The van der Waals surface area contributed by atoms with Gasteiger partial charge in [-0.15, -0.1) is 0 Å². The summed E-state index contributed by atoms with van der Waals surface area (Å²) in [4.78, 5) is 0. The lowest BCUT2D eigenvalue weighted by Gasteiger charge is -2.21. The van der Waals surface area contributed by atoms with E-state index in [0.29, 0.717) is 0 Å². The number of hydrogen-bond acceptors (Lipinski definition) is 2. The van der Waals surface area contributed by atoms with Crippen LogP contribution in [0.1, 0.15) is 19.3 Å². The van der Waals surface area contributed by atoms with Gasteiger partial charge in [0.25, 0.3) is 0 Å². The molecule has 0 heterocycles. The van der Waals surface area contributed by atoms with Crippen molar-refractivity contribution in [2.24, 2.45) is 5.73 Å². The van der Waals surface area contributed by atoms with Gasteiger partial charge in [0.1, 0.15) is 0 Å². The summed E-state index contributed by atoms with van der Waals surface area (Å²) in [6, 6.07) is 0. The Hall–Kier alpha value is -0.340. The van der Waals surface area contributed by atoms with Crippen molar-refractivity contribution in [3.8, 4) is 0 Å². The van der Waals surface area contributed by atoms with E-state index in [4.69, 9.17) is 10.8 Å². The van der Waals surface area contributed by atoms with Gasteiger partial charge in [0, 0.05) is 12.1 Å². The maximum Gasteiger partial charge on any atom is 0.0448 e. The summed E-state index contributed by atoms with van der Waals surface area (Å²) in [5.41, 5.74) is 5.73. The van der Waals surface area contributed by atoms with Crippen molar-refractivity contribution in [2.45, 2.75) is 24.8 Å². The second kappa shape index (κ2) is 2.50. The average Bonchev–Trinajstić information content (AvgIpc) is 2.16. The van der Waals surface area contributed by atoms with Crippen LogP contribution in [-0.4, -0.2) is 17.3 Å². The summed E-state index contributed by atoms with van der Waals surface area (Å²) in [5.74, 6) is 0. The Labute approximate surface area is 55.4 Å². The van der Waals surface area contributed by atoms with E-state index in [1.165, 1.54) is 0 Å². The van der Waals surface area contributed by atoms with Crippen molar-refractivity contribution >= 4 is 0 Å². The number of aliphatic hydroxyl groups is 1. The Kier molecular flexibility index (Phi) is 1.88. The van der Waals surface area contributed by atoms with Crippen LogP contribution in [0, 0.1) is 0 Å². The second-order valence-corrected chi connectivity index (χ2v) is 2.72. The van der Waals surface area contributed by atoms with Crippen LogP contribution in [0.5, 0.6) is 0 Å². The van der Waals surface area contributed by atoms with Crippen LogP contribution in [0.2, 0.25) is 0 Å². The number of nitrogens with two attached hydrogens (primary N) is 1. The first-order chi connectivity index (χ1) is 4.27. The second-order valence-electron chi connectivity index (χ2n) is 2.72. The van der Waals surface area contributed by atoms with Crippen LogP contribution in [-0.2, 0) is 0 Å². The van der Waals surface area contributed by atoms with Gasteiger partial charge in [-0.05, 0) is 19.3 Å². The molecule has 0 bridgehead atoms. The molecule has 0 radical (unpaired) electrons. The summed E-state index contributed by atoms with van der Waals surface area (Å²) in [6.45, 7) is 0.207. The van der Waals surface area contributed by atoms with Gasteiger partial charge in [-0.1, -0.05) is 12.2 Å². The Bertz CT molecular complexity index is 112. The minimum absolute atomic E-state index is 0.116. The zero-order chi connectivity index (χ0) is 6.74. The summed E-state index contributed by atoms with van der Waals surface area (Å²) < 4.78 is 0. The van der Waals surface area contributed by atoms with Gasteiger partial charge < -0.3 is 10.8 Å². The molecule has 0 saturated heterocycles. The first-order valence-corrected chi connectivity index (χ1v) is 3.32. The van der Waals surface area contributed by atoms with E-state index in [0.717, 1.165) is 19.3 Å². The van der Waals surface area contributed by atoms with E-state index in [1.807, 2.05) is 0 Å². The first kappa shape index (κ1) is 6.78. The van der Waals surface area contributed by atoms with Crippen LogP contribution in [0.3, 0.4) is 0 Å². The van der Waals surface area contributed by atoms with Gasteiger partial charge in [0.15, 0.2) is 0 Å². The number of aliphatic hydroxyl groups excluding tert-OH is 1. The minimum atomic E-state index is -0.116. The maximum atomic E-state index is 8.58. The highest BCUT2D eigenvalue weighted by molar-refractivity contribution is 5.06. The lowest BCUT2D eigenvalue weighted by Crippen LogP contribution is -2.37. The zero-order valence-corrected chi connectivity index (χ0v) is 5.51. The molecular formula is C7H13NO. The average molecular weight is 127 g/mol. The molecule has 0 amide bonds. The normalized spacial score (nSPS) is 22.9. The highest BCUT2D eigenvalue weighted by Gasteiger charge is 2.24. The van der Waals surface area contributed by atoms with Gasteiger partial charge in [-0.3, -0.25) is 0 Å². The maximum absolute atomic E-state index is 8.58. The Morgan fingerprint density at radius 1 is 1.44 bits per heavy atom. The highest BCUT2D eigenvalue weighted by Crippen LogP contribution is 2.23. The van der Waals surface area contributed by atoms with Crippen LogP contribution in [0.25, 0.3) is 0 Å². The van der Waals surface area contributed by atoms with Crippen molar-refractivity contribution in [3.63, 3.8) is 0 Å². The number of rotatable bonds is 2. The molecule has 0 unspecified atom stereocenters. The van der Waals surface area contributed by atoms with Crippen molar-refractivity contribution in [2.75, 3.05) is 6.61 Å². The molecule has 1 aliphatic rings. The summed E-state index contributed by atoms with van der Waals surface area (Å²) in [5, 5.41) is 8.58. The molecule has 0 saturated carbocycles. The third-order valence-corrected chi connectivity index (χ3v) is 1.83. The molecule has 0 atom stereocenters. The SMILES string of the molecule is NC1(CCO)CC=CC1. The molecule has 2 nitrogen and oxygen atoms in total. The predicted octanol–water partition coefficient (Wildman–Crippen LogP) is 0.416. The zero-order valence-electron chi connectivity index (χ0n) is 5.51. The molecule has 0 aromatic rings. The highest BCUT2D eigenvalue weighted by atomic mass is 16.3. The van der Waals surface area contributed by atoms with Gasteiger partial charge in [-0.2, -0.15) is 0 Å². The van der Waals surface area contributed by atoms with E-state index >= 15 is 0 Å². The molecule has 0 spiro atoms. The fourth-order valence-corrected chi connectivity index (χ4v) is 1.15. The fourth-order valence-electron chi connectivity index (χ4n) is 1.15. The molecule has 2 heteroatoms. The third kappa shape index (κ3) is 1.53. The quantitative estimate of drug-likeness (QED) is 0.528. The van der Waals surface area contributed by atoms with Crippen LogP contribution in [0.15, 0.2) is 12.2 Å². The molecule has 0 aromatic heterocycles. The van der Waals surface area contributed by atoms with Crippen LogP contribution < -0.4 is 5.73 Å². The molecule has 0 aromatic carbocycles. The van der Waals surface area contributed by atoms with Gasteiger partial charge in [0.2, 0.25) is 0 Å². The van der Waals surface area contributed by atoms with Crippen LogP contribution in [0.4, 0.5) is 0 Å². The largest absolute Gasteiger partial charge is 0.396 e. The van der Waals surface area contributed by atoms with E-state index < -0.39 is 0 Å². The van der Waals surface area contributed by atoms with Gasteiger partial charge in [0.05, 0.1) is 0 Å². The molecule has 1 rings (SSSR count). The molecule has 3 N–H and O–H groups in total. The summed E-state index contributed by atoms with van der Waals surface area (Å²) in [7, 11) is 0. The van der Waals surface area contributed by atoms with Crippen LogP contribution >= 0.6 is 0 Å². The standard InChI is InChI=1S/C7H13NO/c8-7(5-6-9)3-1-2-4-7/h1-2,9H,3-6,8H2. The lowest BCUT2D eigenvalue weighted by atomic mass is 9.95. The number of hydrogen-bond donors (Lipinski definition) is 2. The van der Waals surface area contributed by atoms with Crippen molar-refractivity contribution in [1.82, 2.24) is 0 Å². The van der Waals surface area contributed by atoms with Gasteiger partial charge in [-0.25, -0.2) is 0 Å². The van der Waals surface area contributed by atoms with Crippen molar-refractivity contribution < 1.29 is 5.11 Å². The smallest absolute Gasteiger partial charge is 0.0448 e. The van der Waals surface area contributed by atoms with E-state index in [-0.39, 0.29) is 12.1 Å². The Morgan fingerprint density at radius 3 is 2.44 bits per heavy atom. The predicted molar refractivity (Wildman–Crippen MR) is 37.0 cm³/mol. The van der Waals surface area contributed by atoms with E-state index in [2.05, 4.69) is 12.2 Å². The Balaban J connectivity index is 2.36. The summed E-state index contributed by atoms with van der Waals surface area (Å²) in [6.07, 6.45) is 6.73. The fraction of sp³-hybridized carbons (Fsp3) is 0.714. The molecule has 0 aliphatic heterocycles. The third-order valence-electron chi connectivity index (χ3n) is 1.83. The van der Waals surface area contributed by atoms with Crippen molar-refractivity contribution in [3.05, 3.63) is 12.2 Å². The van der Waals surface area contributed by atoms with E-state index in [9.17, 15) is 0 Å². The minimum Gasteiger partial charge on any atom is -0.396 e. The van der Waals surface area contributed by atoms with E-state index in [1.54, 1.807) is 0 Å². The lowest BCUT2D eigenvalue weighted by molar-refractivity contribution is 0.243. The monoisotopic (exact) mass is 127 g/mol. The molecular weight excluding hydrogens is 114 g/mol. The first-order valence-electron chi connectivity index (χ1n) is 3.32. The summed E-state index contributed by atoms with van der Waals surface area (Å²) >= 11 is 0. The molecule has 52 valence electrons.